The molecule has 0 saturated carbocycles. The molecule has 2 heterocycles. The SMILES string of the molecule is Cc1cc(C(=O)CN2CCN(C(=O)CC(C)C)CC2)c(C)n1C(C)C. The van der Waals surface area contributed by atoms with E-state index in [4.69, 9.17) is 0 Å². The molecule has 25 heavy (non-hydrogen) atoms. The van der Waals surface area contributed by atoms with Crippen molar-refractivity contribution >= 4 is 11.7 Å². The monoisotopic (exact) mass is 347 g/mol. The van der Waals surface area contributed by atoms with Crippen molar-refractivity contribution in [2.24, 2.45) is 5.92 Å². The molecule has 0 spiro atoms. The van der Waals surface area contributed by atoms with Gasteiger partial charge in [0.2, 0.25) is 5.91 Å². The minimum absolute atomic E-state index is 0.182. The summed E-state index contributed by atoms with van der Waals surface area (Å²) in [6.07, 6.45) is 0.611. The molecule has 1 aromatic rings. The molecule has 1 aromatic heterocycles. The van der Waals surface area contributed by atoms with Crippen molar-refractivity contribution in [3.63, 3.8) is 0 Å². The van der Waals surface area contributed by atoms with Crippen molar-refractivity contribution in [1.29, 1.82) is 0 Å². The van der Waals surface area contributed by atoms with Gasteiger partial charge in [-0.05, 0) is 39.7 Å². The van der Waals surface area contributed by atoms with Crippen LogP contribution in [0.5, 0.6) is 0 Å². The molecule has 0 atom stereocenters. The zero-order valence-electron chi connectivity index (χ0n) is 16.6. The number of aryl methyl sites for hydroxylation is 1. The number of amides is 1. The van der Waals surface area contributed by atoms with Gasteiger partial charge in [0.1, 0.15) is 0 Å². The van der Waals surface area contributed by atoms with Crippen LogP contribution in [0.3, 0.4) is 0 Å². The molecule has 1 aliphatic rings. The molecule has 5 nitrogen and oxygen atoms in total. The van der Waals surface area contributed by atoms with Gasteiger partial charge in [0.05, 0.1) is 6.54 Å². The number of ketones is 1. The maximum absolute atomic E-state index is 12.7. The normalized spacial score (nSPS) is 16.1. The highest BCUT2D eigenvalue weighted by atomic mass is 16.2. The molecule has 5 heteroatoms. The zero-order chi connectivity index (χ0) is 18.7. The Balaban J connectivity index is 1.93. The second-order valence-corrected chi connectivity index (χ2v) is 7.93. The molecule has 0 N–H and O–H groups in total. The number of rotatable bonds is 6. The summed E-state index contributed by atoms with van der Waals surface area (Å²) in [7, 11) is 0. The van der Waals surface area contributed by atoms with Crippen LogP contribution >= 0.6 is 0 Å². The average Bonchev–Trinajstić information content (AvgIpc) is 2.82. The quantitative estimate of drug-likeness (QED) is 0.743. The van der Waals surface area contributed by atoms with Crippen LogP contribution in [0.1, 0.15) is 61.9 Å². The van der Waals surface area contributed by atoms with Crippen molar-refractivity contribution in [2.75, 3.05) is 32.7 Å². The minimum Gasteiger partial charge on any atom is -0.346 e. The number of carbonyl (C=O) groups excluding carboxylic acids is 2. The molecule has 1 amide bonds. The first-order chi connectivity index (χ1) is 11.7. The highest BCUT2D eigenvalue weighted by Crippen LogP contribution is 2.21. The van der Waals surface area contributed by atoms with Gasteiger partial charge in [-0.15, -0.1) is 0 Å². The molecule has 1 saturated heterocycles. The maximum atomic E-state index is 12.7. The van der Waals surface area contributed by atoms with Gasteiger partial charge >= 0.3 is 0 Å². The number of aromatic nitrogens is 1. The fourth-order valence-electron chi connectivity index (χ4n) is 3.78. The van der Waals surface area contributed by atoms with Crippen LogP contribution < -0.4 is 0 Å². The Kier molecular flexibility index (Phi) is 6.44. The van der Waals surface area contributed by atoms with Crippen LogP contribution in [0.15, 0.2) is 6.07 Å². The largest absolute Gasteiger partial charge is 0.346 e. The van der Waals surface area contributed by atoms with Crippen molar-refractivity contribution in [3.05, 3.63) is 23.0 Å². The third-order valence-electron chi connectivity index (χ3n) is 4.98. The molecule has 140 valence electrons. The maximum Gasteiger partial charge on any atom is 0.222 e. The minimum atomic E-state index is 0.182. The van der Waals surface area contributed by atoms with E-state index in [1.54, 1.807) is 0 Å². The molecular formula is C20H33N3O2. The van der Waals surface area contributed by atoms with Gasteiger partial charge in [-0.1, -0.05) is 13.8 Å². The van der Waals surface area contributed by atoms with Crippen LogP contribution in [0.2, 0.25) is 0 Å². The topological polar surface area (TPSA) is 45.6 Å². The van der Waals surface area contributed by atoms with Gasteiger partial charge in [-0.2, -0.15) is 0 Å². The Morgan fingerprint density at radius 3 is 2.12 bits per heavy atom. The van der Waals surface area contributed by atoms with E-state index in [-0.39, 0.29) is 11.7 Å². The summed E-state index contributed by atoms with van der Waals surface area (Å²) in [5, 5.41) is 0. The lowest BCUT2D eigenvalue weighted by molar-refractivity contribution is -0.133. The van der Waals surface area contributed by atoms with Gasteiger partial charge in [0.25, 0.3) is 0 Å². The van der Waals surface area contributed by atoms with E-state index in [2.05, 4.69) is 44.1 Å². The summed E-state index contributed by atoms with van der Waals surface area (Å²) in [5.74, 6) is 0.812. The number of hydrogen-bond acceptors (Lipinski definition) is 3. The zero-order valence-corrected chi connectivity index (χ0v) is 16.6. The average molecular weight is 348 g/mol. The number of carbonyl (C=O) groups is 2. The van der Waals surface area contributed by atoms with Gasteiger partial charge in [-0.25, -0.2) is 0 Å². The summed E-state index contributed by atoms with van der Waals surface area (Å²) in [4.78, 5) is 29.0. The molecular weight excluding hydrogens is 314 g/mol. The first-order valence-corrected chi connectivity index (χ1v) is 9.42. The molecule has 0 unspecified atom stereocenters. The second kappa shape index (κ2) is 8.17. The molecule has 0 bridgehead atoms. The Morgan fingerprint density at radius 1 is 1.04 bits per heavy atom. The predicted molar refractivity (Wildman–Crippen MR) is 101 cm³/mol. The first kappa shape index (κ1) is 19.7. The van der Waals surface area contributed by atoms with E-state index < -0.39 is 0 Å². The fourth-order valence-corrected chi connectivity index (χ4v) is 3.78. The number of hydrogen-bond donors (Lipinski definition) is 0. The van der Waals surface area contributed by atoms with Crippen molar-refractivity contribution < 1.29 is 9.59 Å². The van der Waals surface area contributed by atoms with E-state index in [1.807, 2.05) is 17.9 Å². The lowest BCUT2D eigenvalue weighted by Gasteiger charge is -2.34. The molecule has 1 aliphatic heterocycles. The summed E-state index contributed by atoms with van der Waals surface area (Å²) in [6, 6.07) is 2.37. The van der Waals surface area contributed by atoms with Crippen molar-refractivity contribution in [3.8, 4) is 0 Å². The van der Waals surface area contributed by atoms with Gasteiger partial charge < -0.3 is 9.47 Å². The Labute approximate surface area is 152 Å². The van der Waals surface area contributed by atoms with Crippen LogP contribution in [-0.4, -0.2) is 58.8 Å². The van der Waals surface area contributed by atoms with Crippen LogP contribution in [-0.2, 0) is 4.79 Å². The molecule has 1 fully saturated rings. The Morgan fingerprint density at radius 2 is 1.64 bits per heavy atom. The Bertz CT molecular complexity index is 623. The van der Waals surface area contributed by atoms with Gasteiger partial charge in [0.15, 0.2) is 5.78 Å². The molecule has 0 aliphatic carbocycles. The number of piperazine rings is 1. The summed E-state index contributed by atoms with van der Waals surface area (Å²) in [5.41, 5.74) is 3.03. The third-order valence-corrected chi connectivity index (χ3v) is 4.98. The van der Waals surface area contributed by atoms with E-state index in [0.717, 1.165) is 43.1 Å². The lowest BCUT2D eigenvalue weighted by Crippen LogP contribution is -2.50. The van der Waals surface area contributed by atoms with Crippen LogP contribution in [0.4, 0.5) is 0 Å². The highest BCUT2D eigenvalue weighted by molar-refractivity contribution is 5.99. The third kappa shape index (κ3) is 4.72. The predicted octanol–water partition coefficient (Wildman–Crippen LogP) is 3.06. The van der Waals surface area contributed by atoms with E-state index in [0.29, 0.717) is 24.9 Å². The highest BCUT2D eigenvalue weighted by Gasteiger charge is 2.24. The Hall–Kier alpha value is -1.62. The first-order valence-electron chi connectivity index (χ1n) is 9.42. The van der Waals surface area contributed by atoms with E-state index in [9.17, 15) is 9.59 Å². The standard InChI is InChI=1S/C20H33N3O2/c1-14(2)11-20(25)22-9-7-21(8-10-22)13-19(24)18-12-16(5)23(15(3)4)17(18)6/h12,14-15H,7-11,13H2,1-6H3. The van der Waals surface area contributed by atoms with Crippen LogP contribution in [0.25, 0.3) is 0 Å². The number of nitrogens with zero attached hydrogens (tertiary/aromatic N) is 3. The number of Topliss-reactive ketones (excluding diaryl/α,β-unsaturated/α-hetero) is 1. The van der Waals surface area contributed by atoms with Crippen molar-refractivity contribution in [2.45, 2.75) is 54.0 Å². The summed E-state index contributed by atoms with van der Waals surface area (Å²) in [6.45, 7) is 16.0. The second-order valence-electron chi connectivity index (χ2n) is 7.93. The summed E-state index contributed by atoms with van der Waals surface area (Å²) >= 11 is 0. The van der Waals surface area contributed by atoms with Crippen molar-refractivity contribution in [1.82, 2.24) is 14.4 Å². The van der Waals surface area contributed by atoms with E-state index in [1.165, 1.54) is 0 Å². The van der Waals surface area contributed by atoms with Gasteiger partial charge in [-0.3, -0.25) is 14.5 Å². The van der Waals surface area contributed by atoms with Crippen LogP contribution in [0, 0.1) is 19.8 Å². The summed E-state index contributed by atoms with van der Waals surface area (Å²) < 4.78 is 2.22. The lowest BCUT2D eigenvalue weighted by atomic mass is 10.1. The van der Waals surface area contributed by atoms with E-state index >= 15 is 0 Å². The van der Waals surface area contributed by atoms with Gasteiger partial charge in [0, 0.05) is 55.6 Å². The molecule has 2 rings (SSSR count). The molecule has 0 aromatic carbocycles. The smallest absolute Gasteiger partial charge is 0.222 e. The fraction of sp³-hybridized carbons (Fsp3) is 0.700. The molecule has 0 radical (unpaired) electrons.